The van der Waals surface area contributed by atoms with Crippen LogP contribution in [-0.2, 0) is 6.61 Å². The highest BCUT2D eigenvalue weighted by atomic mass is 19.3. The second kappa shape index (κ2) is 4.66. The van der Waals surface area contributed by atoms with Gasteiger partial charge in [-0.25, -0.2) is 13.8 Å². The summed E-state index contributed by atoms with van der Waals surface area (Å²) in [7, 11) is 1.30. The number of alkyl halides is 2. The van der Waals surface area contributed by atoms with Gasteiger partial charge in [0.2, 0.25) is 0 Å². The van der Waals surface area contributed by atoms with E-state index in [1.807, 2.05) is 0 Å². The number of nitriles is 1. The van der Waals surface area contributed by atoms with Gasteiger partial charge < -0.3 is 9.84 Å². The minimum atomic E-state index is -2.85. The molecule has 0 radical (unpaired) electrons. The molecule has 80 valence electrons. The maximum atomic E-state index is 12.4. The fourth-order valence-corrected chi connectivity index (χ4v) is 1.17. The highest BCUT2D eigenvalue weighted by Gasteiger charge is 2.20. The monoisotopic (exact) mass is 214 g/mol. The Kier molecular flexibility index (Phi) is 3.52. The van der Waals surface area contributed by atoms with Gasteiger partial charge in [-0.05, 0) is 0 Å². The van der Waals surface area contributed by atoms with Gasteiger partial charge in [0, 0.05) is 5.56 Å². The number of halogens is 2. The summed E-state index contributed by atoms with van der Waals surface area (Å²) in [6.45, 7) is -0.547. The van der Waals surface area contributed by atoms with Crippen LogP contribution in [0.15, 0.2) is 6.20 Å². The Morgan fingerprint density at radius 2 is 2.33 bits per heavy atom. The molecule has 0 unspecified atom stereocenters. The van der Waals surface area contributed by atoms with Crippen molar-refractivity contribution in [2.45, 2.75) is 13.0 Å². The maximum absolute atomic E-state index is 12.4. The van der Waals surface area contributed by atoms with Crippen molar-refractivity contribution in [3.05, 3.63) is 23.0 Å². The summed E-state index contributed by atoms with van der Waals surface area (Å²) < 4.78 is 29.7. The maximum Gasteiger partial charge on any atom is 0.281 e. The first kappa shape index (κ1) is 11.3. The van der Waals surface area contributed by atoms with Crippen LogP contribution in [-0.4, -0.2) is 17.2 Å². The summed E-state index contributed by atoms with van der Waals surface area (Å²) in [6, 6.07) is 1.59. The topological polar surface area (TPSA) is 66.1 Å². The van der Waals surface area contributed by atoms with E-state index in [2.05, 4.69) is 4.98 Å². The van der Waals surface area contributed by atoms with E-state index < -0.39 is 18.7 Å². The molecular weight excluding hydrogens is 206 g/mol. The van der Waals surface area contributed by atoms with E-state index in [0.717, 1.165) is 6.20 Å². The summed E-state index contributed by atoms with van der Waals surface area (Å²) in [6.07, 6.45) is -1.79. The molecule has 0 aliphatic rings. The highest BCUT2D eigenvalue weighted by Crippen LogP contribution is 2.28. The van der Waals surface area contributed by atoms with Gasteiger partial charge in [-0.2, -0.15) is 5.26 Å². The number of methoxy groups -OCH3 is 1. The predicted molar refractivity (Wildman–Crippen MR) is 46.4 cm³/mol. The molecule has 1 rings (SSSR count). The van der Waals surface area contributed by atoms with Crippen molar-refractivity contribution >= 4 is 0 Å². The predicted octanol–water partition coefficient (Wildman–Crippen LogP) is 1.39. The van der Waals surface area contributed by atoms with Crippen molar-refractivity contribution in [3.8, 4) is 11.8 Å². The van der Waals surface area contributed by atoms with Crippen molar-refractivity contribution in [2.75, 3.05) is 7.11 Å². The van der Waals surface area contributed by atoms with Gasteiger partial charge in [0.05, 0.1) is 25.5 Å². The van der Waals surface area contributed by atoms with Crippen LogP contribution in [0.25, 0.3) is 0 Å². The van der Waals surface area contributed by atoms with Gasteiger partial charge in [0.1, 0.15) is 17.5 Å². The third kappa shape index (κ3) is 2.02. The van der Waals surface area contributed by atoms with Crippen LogP contribution in [0.2, 0.25) is 0 Å². The van der Waals surface area contributed by atoms with E-state index in [4.69, 9.17) is 15.1 Å². The minimum absolute atomic E-state index is 0.0327. The van der Waals surface area contributed by atoms with Crippen molar-refractivity contribution in [2.24, 2.45) is 0 Å². The first-order valence-corrected chi connectivity index (χ1v) is 4.00. The van der Waals surface area contributed by atoms with Crippen molar-refractivity contribution in [1.82, 2.24) is 4.98 Å². The molecule has 15 heavy (non-hydrogen) atoms. The fourth-order valence-electron chi connectivity index (χ4n) is 1.17. The van der Waals surface area contributed by atoms with E-state index in [-0.39, 0.29) is 16.9 Å². The molecule has 0 spiro atoms. The summed E-state index contributed by atoms with van der Waals surface area (Å²) in [4.78, 5) is 3.42. The first-order chi connectivity index (χ1) is 7.15. The van der Waals surface area contributed by atoms with Gasteiger partial charge >= 0.3 is 0 Å². The second-order valence-electron chi connectivity index (χ2n) is 2.64. The zero-order chi connectivity index (χ0) is 11.4. The molecule has 6 heteroatoms. The Hall–Kier alpha value is -1.74. The van der Waals surface area contributed by atoms with Gasteiger partial charge in [0.15, 0.2) is 0 Å². The minimum Gasteiger partial charge on any atom is -0.495 e. The average Bonchev–Trinajstić information content (AvgIpc) is 2.26. The smallest absolute Gasteiger partial charge is 0.281 e. The molecule has 1 heterocycles. The third-order valence-corrected chi connectivity index (χ3v) is 1.87. The summed E-state index contributed by atoms with van der Waals surface area (Å²) in [5.41, 5.74) is -0.931. The van der Waals surface area contributed by atoms with Crippen LogP contribution in [0, 0.1) is 11.3 Å². The molecule has 0 aromatic carbocycles. The standard InChI is InChI=1S/C9H8F2N2O2/c1-15-7-3-13-8(9(10)11)5(2-12)6(7)4-14/h3,9,14H,4H2,1H3. The molecular formula is C9H8F2N2O2. The Balaban J connectivity index is 3.43. The first-order valence-electron chi connectivity index (χ1n) is 4.00. The molecule has 4 nitrogen and oxygen atoms in total. The lowest BCUT2D eigenvalue weighted by atomic mass is 10.1. The largest absolute Gasteiger partial charge is 0.495 e. The zero-order valence-corrected chi connectivity index (χ0v) is 7.87. The Morgan fingerprint density at radius 3 is 2.73 bits per heavy atom. The summed E-state index contributed by atoms with van der Waals surface area (Å²) >= 11 is 0. The number of pyridine rings is 1. The molecule has 0 saturated carbocycles. The molecule has 0 fully saturated rings. The highest BCUT2D eigenvalue weighted by molar-refractivity contribution is 5.48. The molecule has 0 amide bonds. The van der Waals surface area contributed by atoms with Crippen LogP contribution in [0.4, 0.5) is 8.78 Å². The van der Waals surface area contributed by atoms with Crippen LogP contribution >= 0.6 is 0 Å². The second-order valence-corrected chi connectivity index (χ2v) is 2.64. The number of nitrogens with zero attached hydrogens (tertiary/aromatic N) is 2. The number of aromatic nitrogens is 1. The SMILES string of the molecule is COc1cnc(C(F)F)c(C#N)c1CO. The quantitative estimate of drug-likeness (QED) is 0.825. The van der Waals surface area contributed by atoms with Crippen LogP contribution < -0.4 is 4.74 Å². The average molecular weight is 214 g/mol. The van der Waals surface area contributed by atoms with E-state index in [1.54, 1.807) is 6.07 Å². The summed E-state index contributed by atoms with van der Waals surface area (Å²) in [5.74, 6) is 0.124. The van der Waals surface area contributed by atoms with Crippen molar-refractivity contribution in [3.63, 3.8) is 0 Å². The van der Waals surface area contributed by atoms with E-state index in [9.17, 15) is 8.78 Å². The number of hydrogen-bond donors (Lipinski definition) is 1. The molecule has 0 aliphatic heterocycles. The van der Waals surface area contributed by atoms with Gasteiger partial charge in [-0.1, -0.05) is 0 Å². The lowest BCUT2D eigenvalue weighted by Gasteiger charge is -2.10. The zero-order valence-electron chi connectivity index (χ0n) is 7.87. The lowest BCUT2D eigenvalue weighted by Crippen LogP contribution is -2.03. The Labute approximate surface area is 84.7 Å². The van der Waals surface area contributed by atoms with Crippen molar-refractivity contribution in [1.29, 1.82) is 5.26 Å². The number of rotatable bonds is 3. The van der Waals surface area contributed by atoms with E-state index in [0.29, 0.717) is 0 Å². The normalized spacial score (nSPS) is 10.1. The van der Waals surface area contributed by atoms with Gasteiger partial charge in [-0.15, -0.1) is 0 Å². The van der Waals surface area contributed by atoms with Crippen LogP contribution in [0.3, 0.4) is 0 Å². The number of ether oxygens (including phenoxy) is 1. The lowest BCUT2D eigenvalue weighted by molar-refractivity contribution is 0.145. The molecule has 1 N–H and O–H groups in total. The molecule has 0 aliphatic carbocycles. The third-order valence-electron chi connectivity index (χ3n) is 1.87. The van der Waals surface area contributed by atoms with Crippen LogP contribution in [0.1, 0.15) is 23.2 Å². The van der Waals surface area contributed by atoms with Gasteiger partial charge in [-0.3, -0.25) is 0 Å². The summed E-state index contributed by atoms with van der Waals surface area (Å²) in [5, 5.41) is 17.7. The molecule has 0 bridgehead atoms. The Morgan fingerprint density at radius 1 is 1.67 bits per heavy atom. The number of hydrogen-bond acceptors (Lipinski definition) is 4. The van der Waals surface area contributed by atoms with Crippen LogP contribution in [0.5, 0.6) is 5.75 Å². The number of aliphatic hydroxyl groups excluding tert-OH is 1. The molecule has 0 atom stereocenters. The molecule has 0 saturated heterocycles. The van der Waals surface area contributed by atoms with E-state index in [1.165, 1.54) is 7.11 Å². The van der Waals surface area contributed by atoms with Gasteiger partial charge in [0.25, 0.3) is 6.43 Å². The van der Waals surface area contributed by atoms with Crippen molar-refractivity contribution < 1.29 is 18.6 Å². The Bertz CT molecular complexity index is 402. The fraction of sp³-hybridized carbons (Fsp3) is 0.333. The molecule has 1 aromatic rings. The number of aliphatic hydroxyl groups is 1. The molecule has 1 aromatic heterocycles. The van der Waals surface area contributed by atoms with E-state index >= 15 is 0 Å².